The van der Waals surface area contributed by atoms with Crippen LogP contribution in [0.25, 0.3) is 0 Å². The lowest BCUT2D eigenvalue weighted by Crippen LogP contribution is -2.04. The number of nitrogens with two attached hydrogens (primary N) is 1. The van der Waals surface area contributed by atoms with E-state index in [0.29, 0.717) is 12.0 Å². The first-order valence-electron chi connectivity index (χ1n) is 5.65. The van der Waals surface area contributed by atoms with E-state index in [2.05, 4.69) is 6.58 Å². The van der Waals surface area contributed by atoms with Gasteiger partial charge in [-0.05, 0) is 36.6 Å². The van der Waals surface area contributed by atoms with Crippen LogP contribution in [0.15, 0.2) is 65.6 Å². The van der Waals surface area contributed by atoms with Gasteiger partial charge in [-0.25, -0.2) is 0 Å². The molecule has 0 bridgehead atoms. The van der Waals surface area contributed by atoms with Crippen molar-refractivity contribution in [2.75, 3.05) is 0 Å². The molecular formula is C15H17NOS. The number of Topliss-reactive ketones (excluding diaryl/α,β-unsaturated/α-hetero) is 1. The molecule has 0 aliphatic carbocycles. The summed E-state index contributed by atoms with van der Waals surface area (Å²) < 4.78 is 0. The third-order valence-corrected chi connectivity index (χ3v) is 2.93. The first-order chi connectivity index (χ1) is 8.71. The molecule has 0 saturated carbocycles. The summed E-state index contributed by atoms with van der Waals surface area (Å²) in [5, 5.41) is 5.45. The number of rotatable bonds is 6. The zero-order chi connectivity index (χ0) is 13.4. The van der Waals surface area contributed by atoms with Gasteiger partial charge < -0.3 is 0 Å². The highest BCUT2D eigenvalue weighted by Gasteiger charge is 2.07. The van der Waals surface area contributed by atoms with Crippen LogP contribution in [0.5, 0.6) is 0 Å². The smallest absolute Gasteiger partial charge is 0.167 e. The Morgan fingerprint density at radius 3 is 2.56 bits per heavy atom. The Kier molecular flexibility index (Phi) is 6.19. The standard InChI is InChI=1S/C15H17NOS/c1-3-5-13(6-4-2)15(17)11-12-7-9-14(18-16)10-8-12/h3-10H,1,11,16H2,2H3/b6-4-,13-5+. The van der Waals surface area contributed by atoms with E-state index < -0.39 is 0 Å². The average molecular weight is 259 g/mol. The minimum atomic E-state index is 0.0844. The van der Waals surface area contributed by atoms with Crippen LogP contribution in [-0.4, -0.2) is 5.78 Å². The Morgan fingerprint density at radius 2 is 2.06 bits per heavy atom. The maximum atomic E-state index is 12.0. The monoisotopic (exact) mass is 259 g/mol. The Balaban J connectivity index is 2.79. The number of hydrogen-bond acceptors (Lipinski definition) is 3. The van der Waals surface area contributed by atoms with Crippen molar-refractivity contribution in [2.24, 2.45) is 5.14 Å². The second-order valence-corrected chi connectivity index (χ2v) is 4.43. The predicted molar refractivity (Wildman–Crippen MR) is 78.3 cm³/mol. The maximum Gasteiger partial charge on any atom is 0.167 e. The number of hydrogen-bond donors (Lipinski definition) is 1. The van der Waals surface area contributed by atoms with Crippen molar-refractivity contribution in [2.45, 2.75) is 18.2 Å². The molecule has 0 atom stereocenters. The van der Waals surface area contributed by atoms with Gasteiger partial charge in [0.1, 0.15) is 0 Å². The molecule has 2 nitrogen and oxygen atoms in total. The van der Waals surface area contributed by atoms with Gasteiger partial charge >= 0.3 is 0 Å². The third kappa shape index (κ3) is 4.35. The quantitative estimate of drug-likeness (QED) is 0.483. The van der Waals surface area contributed by atoms with Crippen molar-refractivity contribution < 1.29 is 4.79 Å². The number of carbonyl (C=O) groups excluding carboxylic acids is 1. The summed E-state index contributed by atoms with van der Waals surface area (Å²) in [6.45, 7) is 5.50. The van der Waals surface area contributed by atoms with Crippen LogP contribution >= 0.6 is 11.9 Å². The summed E-state index contributed by atoms with van der Waals surface area (Å²) in [6.07, 6.45) is 7.39. The van der Waals surface area contributed by atoms with Crippen LogP contribution in [0.3, 0.4) is 0 Å². The molecule has 1 aromatic rings. The molecule has 0 aliphatic heterocycles. The minimum absolute atomic E-state index is 0.0844. The van der Waals surface area contributed by atoms with Gasteiger partial charge in [0.15, 0.2) is 5.78 Å². The van der Waals surface area contributed by atoms with E-state index in [-0.39, 0.29) is 5.78 Å². The summed E-state index contributed by atoms with van der Waals surface area (Å²) in [5.74, 6) is 0.0844. The molecule has 0 unspecified atom stereocenters. The lowest BCUT2D eigenvalue weighted by molar-refractivity contribution is -0.114. The zero-order valence-corrected chi connectivity index (χ0v) is 11.2. The SMILES string of the molecule is C=C/C=C(\C=C/C)C(=O)Cc1ccc(SN)cc1. The molecule has 0 fully saturated rings. The number of carbonyl (C=O) groups is 1. The number of allylic oxidation sites excluding steroid dienone is 5. The molecule has 2 N–H and O–H groups in total. The van der Waals surface area contributed by atoms with E-state index in [0.717, 1.165) is 10.5 Å². The number of ketones is 1. The number of benzene rings is 1. The van der Waals surface area contributed by atoms with E-state index in [1.165, 1.54) is 11.9 Å². The lowest BCUT2D eigenvalue weighted by atomic mass is 10.0. The first kappa shape index (κ1) is 14.5. The molecule has 94 valence electrons. The largest absolute Gasteiger partial charge is 0.294 e. The van der Waals surface area contributed by atoms with Gasteiger partial charge in [-0.3, -0.25) is 9.93 Å². The average Bonchev–Trinajstić information content (AvgIpc) is 2.39. The van der Waals surface area contributed by atoms with Gasteiger partial charge in [0.25, 0.3) is 0 Å². The fourth-order valence-electron chi connectivity index (χ4n) is 1.52. The van der Waals surface area contributed by atoms with Gasteiger partial charge in [-0.15, -0.1) is 0 Å². The van der Waals surface area contributed by atoms with Crippen LogP contribution < -0.4 is 5.14 Å². The molecule has 0 saturated heterocycles. The van der Waals surface area contributed by atoms with Crippen LogP contribution in [-0.2, 0) is 11.2 Å². The second kappa shape index (κ2) is 7.69. The highest BCUT2D eigenvalue weighted by Crippen LogP contribution is 2.14. The van der Waals surface area contributed by atoms with Crippen LogP contribution in [0.1, 0.15) is 12.5 Å². The predicted octanol–water partition coefficient (Wildman–Crippen LogP) is 3.45. The van der Waals surface area contributed by atoms with Crippen molar-refractivity contribution in [3.05, 3.63) is 66.3 Å². The van der Waals surface area contributed by atoms with Crippen LogP contribution in [0.4, 0.5) is 0 Å². The topological polar surface area (TPSA) is 43.1 Å². The van der Waals surface area contributed by atoms with Crippen LogP contribution in [0.2, 0.25) is 0 Å². The lowest BCUT2D eigenvalue weighted by Gasteiger charge is -2.03. The third-order valence-electron chi connectivity index (χ3n) is 2.39. The van der Waals surface area contributed by atoms with Crippen molar-refractivity contribution in [3.63, 3.8) is 0 Å². The van der Waals surface area contributed by atoms with Crippen molar-refractivity contribution in [3.8, 4) is 0 Å². The molecule has 1 aromatic carbocycles. The molecule has 0 heterocycles. The summed E-state index contributed by atoms with van der Waals surface area (Å²) >= 11 is 1.20. The van der Waals surface area contributed by atoms with Gasteiger partial charge in [-0.2, -0.15) is 0 Å². The van der Waals surface area contributed by atoms with E-state index in [1.807, 2.05) is 37.3 Å². The van der Waals surface area contributed by atoms with Crippen molar-refractivity contribution in [1.29, 1.82) is 0 Å². The molecular weight excluding hydrogens is 242 g/mol. The fourth-order valence-corrected chi connectivity index (χ4v) is 1.81. The highest BCUT2D eigenvalue weighted by atomic mass is 32.2. The Morgan fingerprint density at radius 1 is 1.39 bits per heavy atom. The molecule has 3 heteroatoms. The van der Waals surface area contributed by atoms with Gasteiger partial charge in [0.05, 0.1) is 0 Å². The van der Waals surface area contributed by atoms with Gasteiger partial charge in [0.2, 0.25) is 0 Å². The van der Waals surface area contributed by atoms with Crippen molar-refractivity contribution >= 4 is 17.7 Å². The molecule has 0 radical (unpaired) electrons. The maximum absolute atomic E-state index is 12.0. The fraction of sp³-hybridized carbons (Fsp3) is 0.133. The zero-order valence-electron chi connectivity index (χ0n) is 10.4. The molecule has 0 amide bonds. The minimum Gasteiger partial charge on any atom is -0.294 e. The van der Waals surface area contributed by atoms with E-state index >= 15 is 0 Å². The Hall–Kier alpha value is -1.58. The van der Waals surface area contributed by atoms with E-state index in [9.17, 15) is 4.79 Å². The normalized spacial score (nSPS) is 11.8. The second-order valence-electron chi connectivity index (χ2n) is 3.72. The van der Waals surface area contributed by atoms with E-state index in [4.69, 9.17) is 5.14 Å². The Bertz CT molecular complexity index is 472. The first-order valence-corrected chi connectivity index (χ1v) is 6.53. The molecule has 0 spiro atoms. The molecule has 1 rings (SSSR count). The van der Waals surface area contributed by atoms with Gasteiger partial charge in [-0.1, -0.05) is 43.0 Å². The summed E-state index contributed by atoms with van der Waals surface area (Å²) in [4.78, 5) is 13.0. The summed E-state index contributed by atoms with van der Waals surface area (Å²) in [6, 6.07) is 7.68. The summed E-state index contributed by atoms with van der Waals surface area (Å²) in [7, 11) is 0. The molecule has 0 aliphatic rings. The molecule has 0 aromatic heterocycles. The van der Waals surface area contributed by atoms with Crippen molar-refractivity contribution in [1.82, 2.24) is 0 Å². The highest BCUT2D eigenvalue weighted by molar-refractivity contribution is 7.97. The Labute approximate surface area is 112 Å². The molecule has 18 heavy (non-hydrogen) atoms. The van der Waals surface area contributed by atoms with Crippen LogP contribution in [0, 0.1) is 0 Å². The van der Waals surface area contributed by atoms with Gasteiger partial charge in [0, 0.05) is 16.9 Å². The van der Waals surface area contributed by atoms with E-state index in [1.54, 1.807) is 18.2 Å². The summed E-state index contributed by atoms with van der Waals surface area (Å²) in [5.41, 5.74) is 1.65.